The number of amides is 1. The third kappa shape index (κ3) is 4.31. The van der Waals surface area contributed by atoms with Crippen LogP contribution in [0, 0.1) is 5.92 Å². The number of likely N-dealkylation sites (tertiary alicyclic amines) is 1. The van der Waals surface area contributed by atoms with Gasteiger partial charge in [0.1, 0.15) is 15.7 Å². The van der Waals surface area contributed by atoms with Crippen LogP contribution in [-0.4, -0.2) is 57.4 Å². The van der Waals surface area contributed by atoms with Crippen LogP contribution in [0.1, 0.15) is 37.3 Å². The molecule has 2 saturated heterocycles. The number of thiophene rings is 1. The number of hydrogen-bond donors (Lipinski definition) is 0. The van der Waals surface area contributed by atoms with Crippen molar-refractivity contribution in [3.05, 3.63) is 41.3 Å². The van der Waals surface area contributed by atoms with E-state index in [0.717, 1.165) is 18.4 Å². The van der Waals surface area contributed by atoms with Crippen LogP contribution in [0.5, 0.6) is 11.5 Å². The van der Waals surface area contributed by atoms with E-state index in [1.54, 1.807) is 31.7 Å². The molecule has 168 valence electrons. The number of methoxy groups -OCH3 is 2. The Kier molecular flexibility index (Phi) is 6.55. The largest absolute Gasteiger partial charge is 0.497 e. The quantitative estimate of drug-likeness (QED) is 0.654. The first-order valence-electron chi connectivity index (χ1n) is 10.5. The number of rotatable bonds is 6. The zero-order chi connectivity index (χ0) is 22.0. The van der Waals surface area contributed by atoms with E-state index >= 15 is 0 Å². The first-order chi connectivity index (χ1) is 15.0. The monoisotopic (exact) mass is 464 g/mol. The van der Waals surface area contributed by atoms with Gasteiger partial charge >= 0.3 is 0 Å². The van der Waals surface area contributed by atoms with Crippen LogP contribution in [-0.2, 0) is 14.8 Å². The fourth-order valence-electron chi connectivity index (χ4n) is 4.58. The molecule has 1 aromatic carbocycles. The van der Waals surface area contributed by atoms with Crippen LogP contribution in [0.4, 0.5) is 0 Å². The average molecular weight is 465 g/mol. The molecular weight excluding hydrogens is 436 g/mol. The Bertz CT molecular complexity index is 1020. The average Bonchev–Trinajstić information content (AvgIpc) is 3.51. The first kappa shape index (κ1) is 22.1. The van der Waals surface area contributed by atoms with Crippen molar-refractivity contribution in [1.29, 1.82) is 0 Å². The van der Waals surface area contributed by atoms with E-state index in [1.165, 1.54) is 15.6 Å². The Balaban J connectivity index is 1.53. The minimum atomic E-state index is -3.55. The summed E-state index contributed by atoms with van der Waals surface area (Å²) in [4.78, 5) is 15.4. The summed E-state index contributed by atoms with van der Waals surface area (Å²) in [5.74, 6) is 1.12. The summed E-state index contributed by atoms with van der Waals surface area (Å²) in [5.41, 5.74) is 0.966. The highest BCUT2D eigenvalue weighted by Gasteiger charge is 2.39. The topological polar surface area (TPSA) is 76.2 Å². The molecule has 7 nitrogen and oxygen atoms in total. The van der Waals surface area contributed by atoms with E-state index in [4.69, 9.17) is 9.47 Å². The van der Waals surface area contributed by atoms with Crippen molar-refractivity contribution in [2.45, 2.75) is 35.9 Å². The van der Waals surface area contributed by atoms with Gasteiger partial charge in [0, 0.05) is 31.3 Å². The number of sulfonamides is 1. The van der Waals surface area contributed by atoms with Crippen LogP contribution in [0.25, 0.3) is 0 Å². The number of carbonyl (C=O) groups is 1. The third-order valence-corrected chi connectivity index (χ3v) is 9.40. The lowest BCUT2D eigenvalue weighted by molar-refractivity contribution is -0.137. The van der Waals surface area contributed by atoms with Gasteiger partial charge in [0.25, 0.3) is 10.0 Å². The van der Waals surface area contributed by atoms with Gasteiger partial charge in [-0.3, -0.25) is 4.79 Å². The summed E-state index contributed by atoms with van der Waals surface area (Å²) >= 11 is 1.21. The highest BCUT2D eigenvalue weighted by Crippen LogP contribution is 2.40. The third-order valence-electron chi connectivity index (χ3n) is 6.16. The maximum absolute atomic E-state index is 13.5. The van der Waals surface area contributed by atoms with Crippen LogP contribution in [0.3, 0.4) is 0 Å². The van der Waals surface area contributed by atoms with Crippen LogP contribution >= 0.6 is 11.3 Å². The zero-order valence-electron chi connectivity index (χ0n) is 17.8. The number of nitrogens with zero attached hydrogens (tertiary/aromatic N) is 2. The van der Waals surface area contributed by atoms with Gasteiger partial charge in [-0.05, 0) is 49.3 Å². The maximum Gasteiger partial charge on any atom is 0.252 e. The van der Waals surface area contributed by atoms with Crippen molar-refractivity contribution in [1.82, 2.24) is 9.21 Å². The van der Waals surface area contributed by atoms with Crippen molar-refractivity contribution >= 4 is 27.3 Å². The van der Waals surface area contributed by atoms with E-state index < -0.39 is 10.0 Å². The van der Waals surface area contributed by atoms with Gasteiger partial charge in [-0.15, -0.1) is 11.3 Å². The van der Waals surface area contributed by atoms with E-state index in [1.807, 2.05) is 23.1 Å². The highest BCUT2D eigenvalue weighted by molar-refractivity contribution is 7.91. The second-order valence-electron chi connectivity index (χ2n) is 7.93. The normalized spacial score (nSPS) is 22.5. The number of carbonyl (C=O) groups excluding carboxylic acids is 1. The molecule has 0 spiro atoms. The summed E-state index contributed by atoms with van der Waals surface area (Å²) in [6.07, 6.45) is 3.16. The second kappa shape index (κ2) is 9.18. The van der Waals surface area contributed by atoms with Gasteiger partial charge in [-0.25, -0.2) is 8.42 Å². The smallest absolute Gasteiger partial charge is 0.252 e. The molecular formula is C22H28N2O5S2. The summed E-state index contributed by atoms with van der Waals surface area (Å²) in [6.45, 7) is 1.37. The molecule has 3 heterocycles. The first-order valence-corrected chi connectivity index (χ1v) is 12.8. The summed E-state index contributed by atoms with van der Waals surface area (Å²) in [5, 5.41) is 1.76. The predicted octanol–water partition coefficient (Wildman–Crippen LogP) is 3.53. The van der Waals surface area contributed by atoms with E-state index in [9.17, 15) is 13.2 Å². The SMILES string of the molecule is COc1ccc([C@@H]2CCCN2C(=O)[C@H]2CCCN(S(=O)(=O)c3cccs3)C2)c(OC)c1. The van der Waals surface area contributed by atoms with Gasteiger partial charge < -0.3 is 14.4 Å². The molecule has 0 N–H and O–H groups in total. The summed E-state index contributed by atoms with van der Waals surface area (Å²) in [7, 11) is -0.317. The molecule has 2 aliphatic rings. The van der Waals surface area contributed by atoms with Crippen LogP contribution < -0.4 is 9.47 Å². The van der Waals surface area contributed by atoms with Crippen molar-refractivity contribution in [2.75, 3.05) is 33.9 Å². The molecule has 31 heavy (non-hydrogen) atoms. The van der Waals surface area contributed by atoms with Crippen LogP contribution in [0.2, 0.25) is 0 Å². The van der Waals surface area contributed by atoms with Crippen molar-refractivity contribution in [3.8, 4) is 11.5 Å². The predicted molar refractivity (Wildman–Crippen MR) is 119 cm³/mol. The standard InChI is InChI=1S/C22H28N2O5S2/c1-28-17-9-10-18(20(14-17)29-2)19-7-4-12-24(19)22(25)16-6-3-11-23(15-16)31(26,27)21-8-5-13-30-21/h5,8-10,13-14,16,19H,3-4,6-7,11-12,15H2,1-2H3/t16-,19-/m0/s1. The molecule has 0 unspecified atom stereocenters. The molecule has 9 heteroatoms. The van der Waals surface area contributed by atoms with Gasteiger partial charge in [0.05, 0.1) is 26.2 Å². The number of piperidine rings is 1. The van der Waals surface area contributed by atoms with Crippen molar-refractivity contribution < 1.29 is 22.7 Å². The minimum absolute atomic E-state index is 0.0338. The molecule has 0 bridgehead atoms. The molecule has 1 amide bonds. The fourth-order valence-corrected chi connectivity index (χ4v) is 7.25. The molecule has 0 radical (unpaired) electrons. The summed E-state index contributed by atoms with van der Waals surface area (Å²) < 4.78 is 38.6. The lowest BCUT2D eigenvalue weighted by Crippen LogP contribution is -2.46. The van der Waals surface area contributed by atoms with Crippen molar-refractivity contribution in [3.63, 3.8) is 0 Å². The molecule has 1 aromatic heterocycles. The number of ether oxygens (including phenoxy) is 2. The van der Waals surface area contributed by atoms with Crippen LogP contribution in [0.15, 0.2) is 39.9 Å². The Labute approximate surface area is 187 Å². The Morgan fingerprint density at radius 2 is 1.90 bits per heavy atom. The molecule has 0 aliphatic carbocycles. The molecule has 4 rings (SSSR count). The van der Waals surface area contributed by atoms with Crippen molar-refractivity contribution in [2.24, 2.45) is 5.92 Å². The molecule has 0 saturated carbocycles. The highest BCUT2D eigenvalue weighted by atomic mass is 32.2. The zero-order valence-corrected chi connectivity index (χ0v) is 19.5. The maximum atomic E-state index is 13.5. The molecule has 2 atom stereocenters. The Morgan fingerprint density at radius 3 is 2.61 bits per heavy atom. The van der Waals surface area contributed by atoms with E-state index in [0.29, 0.717) is 41.6 Å². The van der Waals surface area contributed by atoms with Gasteiger partial charge in [-0.2, -0.15) is 4.31 Å². The summed E-state index contributed by atoms with van der Waals surface area (Å²) in [6, 6.07) is 8.97. The molecule has 2 fully saturated rings. The number of hydrogen-bond acceptors (Lipinski definition) is 6. The molecule has 2 aromatic rings. The second-order valence-corrected chi connectivity index (χ2v) is 11.0. The Hall–Kier alpha value is -2.10. The fraction of sp³-hybridized carbons (Fsp3) is 0.500. The van der Waals surface area contributed by atoms with E-state index in [-0.39, 0.29) is 24.4 Å². The lowest BCUT2D eigenvalue weighted by Gasteiger charge is -2.35. The lowest BCUT2D eigenvalue weighted by atomic mass is 9.96. The van der Waals surface area contributed by atoms with Gasteiger partial charge in [-0.1, -0.05) is 6.07 Å². The van der Waals surface area contributed by atoms with Gasteiger partial charge in [0.2, 0.25) is 5.91 Å². The number of benzene rings is 1. The molecule has 2 aliphatic heterocycles. The minimum Gasteiger partial charge on any atom is -0.497 e. The Morgan fingerprint density at radius 1 is 1.10 bits per heavy atom. The van der Waals surface area contributed by atoms with Gasteiger partial charge in [0.15, 0.2) is 0 Å². The van der Waals surface area contributed by atoms with E-state index in [2.05, 4.69) is 0 Å².